The molecule has 92 valence electrons. The zero-order chi connectivity index (χ0) is 12.3. The molecule has 6 nitrogen and oxygen atoms in total. The molecule has 1 rings (SSSR count). The van der Waals surface area contributed by atoms with Gasteiger partial charge in [0.05, 0.1) is 6.10 Å². The minimum absolute atomic E-state index is 0.210. The summed E-state index contributed by atoms with van der Waals surface area (Å²) in [6.45, 7) is 2.27. The van der Waals surface area contributed by atoms with Gasteiger partial charge in [0.15, 0.2) is 0 Å². The average molecular weight is 230 g/mol. The van der Waals surface area contributed by atoms with Crippen molar-refractivity contribution in [3.63, 3.8) is 0 Å². The van der Waals surface area contributed by atoms with Crippen molar-refractivity contribution in [1.29, 1.82) is 0 Å². The van der Waals surface area contributed by atoms with Crippen LogP contribution in [-0.2, 0) is 4.79 Å². The molecule has 2 atom stereocenters. The van der Waals surface area contributed by atoms with Gasteiger partial charge in [-0.05, 0) is 19.8 Å². The topological polar surface area (TPSA) is 81.1 Å². The number of rotatable bonds is 3. The van der Waals surface area contributed by atoms with Crippen LogP contribution in [0.2, 0.25) is 0 Å². The van der Waals surface area contributed by atoms with Gasteiger partial charge in [0, 0.05) is 20.1 Å². The molecule has 2 amide bonds. The number of aliphatic hydroxyl groups excluding tert-OH is 1. The lowest BCUT2D eigenvalue weighted by Crippen LogP contribution is -2.48. The molecule has 0 aromatic heterocycles. The molecule has 0 saturated carbocycles. The van der Waals surface area contributed by atoms with Gasteiger partial charge in [-0.15, -0.1) is 0 Å². The Labute approximate surface area is 94.4 Å². The zero-order valence-corrected chi connectivity index (χ0v) is 9.59. The number of hydrogen-bond acceptors (Lipinski definition) is 3. The first-order chi connectivity index (χ1) is 7.43. The molecule has 0 radical (unpaired) electrons. The summed E-state index contributed by atoms with van der Waals surface area (Å²) < 4.78 is 0. The summed E-state index contributed by atoms with van der Waals surface area (Å²) in [6, 6.07) is -1.05. The summed E-state index contributed by atoms with van der Waals surface area (Å²) in [5.74, 6) is -0.962. The molecule has 1 aliphatic rings. The standard InChI is InChI=1S/C10H18N2O4/c1-7(13)6-11(2)10(16)12-5-3-4-8(12)9(14)15/h7-8,13H,3-6H2,1-2H3,(H,14,15). The molecular weight excluding hydrogens is 212 g/mol. The van der Waals surface area contributed by atoms with Crippen molar-refractivity contribution in [3.8, 4) is 0 Å². The third-order valence-electron chi connectivity index (χ3n) is 2.65. The molecule has 0 spiro atoms. The lowest BCUT2D eigenvalue weighted by molar-refractivity contribution is -0.141. The lowest BCUT2D eigenvalue weighted by atomic mass is 10.2. The van der Waals surface area contributed by atoms with Crippen LogP contribution in [0.25, 0.3) is 0 Å². The number of amides is 2. The highest BCUT2D eigenvalue weighted by molar-refractivity contribution is 5.83. The predicted molar refractivity (Wildman–Crippen MR) is 57.1 cm³/mol. The molecule has 0 aromatic carbocycles. The highest BCUT2D eigenvalue weighted by atomic mass is 16.4. The van der Waals surface area contributed by atoms with E-state index in [0.717, 1.165) is 0 Å². The van der Waals surface area contributed by atoms with Crippen molar-refractivity contribution in [2.75, 3.05) is 20.1 Å². The summed E-state index contributed by atoms with van der Waals surface area (Å²) in [5.41, 5.74) is 0. The van der Waals surface area contributed by atoms with Gasteiger partial charge in [0.2, 0.25) is 0 Å². The van der Waals surface area contributed by atoms with Crippen LogP contribution >= 0.6 is 0 Å². The number of carbonyl (C=O) groups is 2. The van der Waals surface area contributed by atoms with Crippen LogP contribution < -0.4 is 0 Å². The Morgan fingerprint density at radius 2 is 2.19 bits per heavy atom. The highest BCUT2D eigenvalue weighted by Crippen LogP contribution is 2.18. The van der Waals surface area contributed by atoms with Crippen LogP contribution in [-0.4, -0.2) is 64.3 Å². The first-order valence-electron chi connectivity index (χ1n) is 5.36. The van der Waals surface area contributed by atoms with Crippen molar-refractivity contribution < 1.29 is 19.8 Å². The van der Waals surface area contributed by atoms with Gasteiger partial charge in [0.25, 0.3) is 0 Å². The van der Waals surface area contributed by atoms with Crippen LogP contribution in [0, 0.1) is 0 Å². The van der Waals surface area contributed by atoms with E-state index in [-0.39, 0.29) is 12.6 Å². The van der Waals surface area contributed by atoms with Gasteiger partial charge in [-0.2, -0.15) is 0 Å². The van der Waals surface area contributed by atoms with Crippen molar-refractivity contribution in [2.24, 2.45) is 0 Å². The Balaban J connectivity index is 2.62. The SMILES string of the molecule is CC(O)CN(C)C(=O)N1CCCC1C(=O)O. The van der Waals surface area contributed by atoms with Gasteiger partial charge in [-0.1, -0.05) is 0 Å². The highest BCUT2D eigenvalue weighted by Gasteiger charge is 2.35. The monoisotopic (exact) mass is 230 g/mol. The molecule has 16 heavy (non-hydrogen) atoms. The molecule has 0 aromatic rings. The van der Waals surface area contributed by atoms with E-state index in [0.29, 0.717) is 19.4 Å². The molecule has 1 saturated heterocycles. The largest absolute Gasteiger partial charge is 0.480 e. The Hall–Kier alpha value is -1.30. The molecule has 2 unspecified atom stereocenters. The second-order valence-electron chi connectivity index (χ2n) is 4.20. The summed E-state index contributed by atoms with van der Waals surface area (Å²) >= 11 is 0. The number of urea groups is 1. The van der Waals surface area contributed by atoms with Crippen LogP contribution in [0.1, 0.15) is 19.8 Å². The third-order valence-corrected chi connectivity index (χ3v) is 2.65. The maximum Gasteiger partial charge on any atom is 0.326 e. The number of aliphatic hydroxyl groups is 1. The second-order valence-corrected chi connectivity index (χ2v) is 4.20. The fraction of sp³-hybridized carbons (Fsp3) is 0.800. The van der Waals surface area contributed by atoms with Crippen molar-refractivity contribution in [2.45, 2.75) is 31.9 Å². The van der Waals surface area contributed by atoms with E-state index in [2.05, 4.69) is 0 Å². The molecule has 0 bridgehead atoms. The first kappa shape index (κ1) is 12.8. The van der Waals surface area contributed by atoms with E-state index in [1.54, 1.807) is 14.0 Å². The number of carboxylic acid groups (broad SMARTS) is 1. The zero-order valence-electron chi connectivity index (χ0n) is 9.59. The molecule has 6 heteroatoms. The number of aliphatic carboxylic acids is 1. The number of carbonyl (C=O) groups excluding carboxylic acids is 1. The second kappa shape index (κ2) is 5.16. The molecular formula is C10H18N2O4. The van der Waals surface area contributed by atoms with E-state index in [1.807, 2.05) is 0 Å². The van der Waals surface area contributed by atoms with Crippen LogP contribution in [0.4, 0.5) is 4.79 Å². The number of hydrogen-bond donors (Lipinski definition) is 2. The summed E-state index contributed by atoms with van der Waals surface area (Å²) in [6.07, 6.45) is 0.606. The molecule has 0 aliphatic carbocycles. The summed E-state index contributed by atoms with van der Waals surface area (Å²) in [5, 5.41) is 18.1. The summed E-state index contributed by atoms with van der Waals surface area (Å²) in [4.78, 5) is 25.5. The Morgan fingerprint density at radius 3 is 2.69 bits per heavy atom. The maximum absolute atomic E-state index is 11.9. The molecule has 1 aliphatic heterocycles. The average Bonchev–Trinajstić information content (AvgIpc) is 2.63. The van der Waals surface area contributed by atoms with Crippen LogP contribution in [0.3, 0.4) is 0 Å². The van der Waals surface area contributed by atoms with Crippen molar-refractivity contribution in [1.82, 2.24) is 9.80 Å². The number of nitrogens with zero attached hydrogens (tertiary/aromatic N) is 2. The van der Waals surface area contributed by atoms with E-state index >= 15 is 0 Å². The number of carboxylic acids is 1. The fourth-order valence-corrected chi connectivity index (χ4v) is 1.95. The molecule has 1 fully saturated rings. The number of likely N-dealkylation sites (tertiary alicyclic amines) is 1. The third kappa shape index (κ3) is 2.85. The van der Waals surface area contributed by atoms with Crippen LogP contribution in [0.15, 0.2) is 0 Å². The van der Waals surface area contributed by atoms with Gasteiger partial charge < -0.3 is 20.0 Å². The Bertz CT molecular complexity index is 280. The van der Waals surface area contributed by atoms with Crippen molar-refractivity contribution in [3.05, 3.63) is 0 Å². The molecule has 1 heterocycles. The molecule has 2 N–H and O–H groups in total. The van der Waals surface area contributed by atoms with E-state index in [4.69, 9.17) is 10.2 Å². The maximum atomic E-state index is 11.9. The normalized spacial score (nSPS) is 21.9. The minimum Gasteiger partial charge on any atom is -0.480 e. The van der Waals surface area contributed by atoms with E-state index < -0.39 is 18.1 Å². The summed E-state index contributed by atoms with van der Waals surface area (Å²) in [7, 11) is 1.56. The predicted octanol–water partition coefficient (Wildman–Crippen LogP) is -0.0320. The van der Waals surface area contributed by atoms with Gasteiger partial charge in [-0.3, -0.25) is 0 Å². The van der Waals surface area contributed by atoms with Gasteiger partial charge in [-0.25, -0.2) is 9.59 Å². The van der Waals surface area contributed by atoms with Gasteiger partial charge in [0.1, 0.15) is 6.04 Å². The minimum atomic E-state index is -0.962. The Morgan fingerprint density at radius 1 is 1.56 bits per heavy atom. The first-order valence-corrected chi connectivity index (χ1v) is 5.36. The quantitative estimate of drug-likeness (QED) is 0.713. The smallest absolute Gasteiger partial charge is 0.326 e. The lowest BCUT2D eigenvalue weighted by Gasteiger charge is -2.28. The van der Waals surface area contributed by atoms with Gasteiger partial charge >= 0.3 is 12.0 Å². The van der Waals surface area contributed by atoms with E-state index in [1.165, 1.54) is 9.80 Å². The van der Waals surface area contributed by atoms with Crippen molar-refractivity contribution >= 4 is 12.0 Å². The number of likely N-dealkylation sites (N-methyl/N-ethyl adjacent to an activating group) is 1. The Kier molecular flexibility index (Phi) is 4.12. The van der Waals surface area contributed by atoms with E-state index in [9.17, 15) is 9.59 Å². The van der Waals surface area contributed by atoms with Crippen LogP contribution in [0.5, 0.6) is 0 Å². The fourth-order valence-electron chi connectivity index (χ4n) is 1.95.